The van der Waals surface area contributed by atoms with Gasteiger partial charge in [0.1, 0.15) is 18.0 Å². The molecule has 20 heavy (non-hydrogen) atoms. The average molecular weight is 276 g/mol. The lowest BCUT2D eigenvalue weighted by Crippen LogP contribution is -2.22. The zero-order valence-electron chi connectivity index (χ0n) is 12.9. The van der Waals surface area contributed by atoms with Crippen molar-refractivity contribution < 1.29 is 0 Å². The molecule has 2 rings (SSSR count). The van der Waals surface area contributed by atoms with E-state index < -0.39 is 0 Å². The van der Waals surface area contributed by atoms with Crippen molar-refractivity contribution in [2.24, 2.45) is 11.8 Å². The number of anilines is 2. The van der Waals surface area contributed by atoms with Crippen molar-refractivity contribution >= 4 is 11.6 Å². The molecule has 1 fully saturated rings. The van der Waals surface area contributed by atoms with E-state index in [2.05, 4.69) is 29.1 Å². The summed E-state index contributed by atoms with van der Waals surface area (Å²) in [5, 5.41) is 3.51. The maximum atomic E-state index is 5.96. The molecule has 1 aliphatic carbocycles. The van der Waals surface area contributed by atoms with Crippen LogP contribution in [-0.2, 0) is 6.42 Å². The molecule has 4 heteroatoms. The third-order valence-corrected chi connectivity index (χ3v) is 4.58. The lowest BCUT2D eigenvalue weighted by Gasteiger charge is -2.28. The summed E-state index contributed by atoms with van der Waals surface area (Å²) in [5.41, 5.74) is 7.04. The highest BCUT2D eigenvalue weighted by Crippen LogP contribution is 2.31. The fraction of sp³-hybridized carbons (Fsp3) is 0.750. The predicted molar refractivity (Wildman–Crippen MR) is 84.7 cm³/mol. The van der Waals surface area contributed by atoms with Gasteiger partial charge in [0.2, 0.25) is 0 Å². The van der Waals surface area contributed by atoms with E-state index in [1.165, 1.54) is 32.1 Å². The van der Waals surface area contributed by atoms with Crippen LogP contribution >= 0.6 is 0 Å². The van der Waals surface area contributed by atoms with E-state index >= 15 is 0 Å². The Labute approximate surface area is 122 Å². The van der Waals surface area contributed by atoms with Gasteiger partial charge in [0.15, 0.2) is 0 Å². The van der Waals surface area contributed by atoms with Gasteiger partial charge in [-0.05, 0) is 31.1 Å². The van der Waals surface area contributed by atoms with Gasteiger partial charge < -0.3 is 11.1 Å². The number of nitrogen functional groups attached to an aromatic ring is 1. The minimum absolute atomic E-state index is 0.624. The molecule has 112 valence electrons. The molecule has 1 aliphatic rings. The molecule has 0 bridgehead atoms. The van der Waals surface area contributed by atoms with Crippen molar-refractivity contribution in [3.8, 4) is 0 Å². The molecular formula is C16H28N4. The molecule has 1 heterocycles. The van der Waals surface area contributed by atoms with Gasteiger partial charge in [-0.2, -0.15) is 0 Å². The predicted octanol–water partition coefficient (Wildman–Crippen LogP) is 3.64. The fourth-order valence-corrected chi connectivity index (χ4v) is 3.16. The maximum Gasteiger partial charge on any atom is 0.134 e. The molecule has 0 radical (unpaired) electrons. The minimum atomic E-state index is 0.624. The van der Waals surface area contributed by atoms with E-state index in [0.717, 1.165) is 42.6 Å². The molecule has 0 aliphatic heterocycles. The molecule has 0 atom stereocenters. The number of hydrogen-bond acceptors (Lipinski definition) is 4. The zero-order chi connectivity index (χ0) is 14.4. The number of nitrogens with zero attached hydrogens (tertiary/aromatic N) is 2. The second-order valence-corrected chi connectivity index (χ2v) is 6.01. The SMILES string of the molecule is CCCc1c(N)ncnc1NCC1CCC(CC)CC1. The van der Waals surface area contributed by atoms with Gasteiger partial charge >= 0.3 is 0 Å². The van der Waals surface area contributed by atoms with Gasteiger partial charge in [-0.1, -0.05) is 39.5 Å². The Bertz CT molecular complexity index is 411. The number of nitrogens with one attached hydrogen (secondary N) is 1. The summed E-state index contributed by atoms with van der Waals surface area (Å²) >= 11 is 0. The van der Waals surface area contributed by atoms with Gasteiger partial charge in [0.05, 0.1) is 0 Å². The van der Waals surface area contributed by atoms with Crippen LogP contribution < -0.4 is 11.1 Å². The van der Waals surface area contributed by atoms with Crippen LogP contribution in [0.5, 0.6) is 0 Å². The lowest BCUT2D eigenvalue weighted by molar-refractivity contribution is 0.278. The normalized spacial score (nSPS) is 22.7. The lowest BCUT2D eigenvalue weighted by atomic mass is 9.81. The molecular weight excluding hydrogens is 248 g/mol. The Morgan fingerprint density at radius 2 is 1.85 bits per heavy atom. The Balaban J connectivity index is 1.89. The van der Waals surface area contributed by atoms with Crippen molar-refractivity contribution in [1.29, 1.82) is 0 Å². The second kappa shape index (κ2) is 7.46. The monoisotopic (exact) mass is 276 g/mol. The molecule has 0 saturated heterocycles. The maximum absolute atomic E-state index is 5.96. The van der Waals surface area contributed by atoms with Crippen LogP contribution in [0.3, 0.4) is 0 Å². The van der Waals surface area contributed by atoms with Crippen molar-refractivity contribution in [3.63, 3.8) is 0 Å². The van der Waals surface area contributed by atoms with Crippen LogP contribution in [-0.4, -0.2) is 16.5 Å². The van der Waals surface area contributed by atoms with Crippen molar-refractivity contribution in [1.82, 2.24) is 9.97 Å². The summed E-state index contributed by atoms with van der Waals surface area (Å²) < 4.78 is 0. The molecule has 1 saturated carbocycles. The van der Waals surface area contributed by atoms with Crippen LogP contribution in [0.2, 0.25) is 0 Å². The smallest absolute Gasteiger partial charge is 0.134 e. The number of hydrogen-bond donors (Lipinski definition) is 2. The van der Waals surface area contributed by atoms with Crippen LogP contribution in [0.15, 0.2) is 6.33 Å². The minimum Gasteiger partial charge on any atom is -0.383 e. The molecule has 0 aromatic carbocycles. The molecule has 4 nitrogen and oxygen atoms in total. The van der Waals surface area contributed by atoms with Crippen molar-refractivity contribution in [2.75, 3.05) is 17.6 Å². The van der Waals surface area contributed by atoms with Gasteiger partial charge in [-0.15, -0.1) is 0 Å². The second-order valence-electron chi connectivity index (χ2n) is 6.01. The Morgan fingerprint density at radius 1 is 1.15 bits per heavy atom. The highest BCUT2D eigenvalue weighted by molar-refractivity contribution is 5.54. The van der Waals surface area contributed by atoms with Gasteiger partial charge in [-0.3, -0.25) is 0 Å². The molecule has 1 aromatic heterocycles. The summed E-state index contributed by atoms with van der Waals surface area (Å²) in [7, 11) is 0. The Kier molecular flexibility index (Phi) is 5.62. The molecule has 0 spiro atoms. The summed E-state index contributed by atoms with van der Waals surface area (Å²) in [6.45, 7) is 5.48. The van der Waals surface area contributed by atoms with Crippen molar-refractivity contribution in [3.05, 3.63) is 11.9 Å². The van der Waals surface area contributed by atoms with Gasteiger partial charge in [0, 0.05) is 12.1 Å². The van der Waals surface area contributed by atoms with E-state index in [4.69, 9.17) is 5.73 Å². The first-order valence-corrected chi connectivity index (χ1v) is 8.07. The highest BCUT2D eigenvalue weighted by atomic mass is 15.0. The highest BCUT2D eigenvalue weighted by Gasteiger charge is 2.20. The standard InChI is InChI=1S/C16H28N4/c1-3-5-14-15(17)19-11-20-16(14)18-10-13-8-6-12(4-2)7-9-13/h11-13H,3-10H2,1-2H3,(H3,17,18,19,20). The summed E-state index contributed by atoms with van der Waals surface area (Å²) in [6, 6.07) is 0. The Morgan fingerprint density at radius 3 is 2.50 bits per heavy atom. The third kappa shape index (κ3) is 3.84. The van der Waals surface area contributed by atoms with Crippen LogP contribution in [0.1, 0.15) is 57.9 Å². The summed E-state index contributed by atoms with van der Waals surface area (Å²) in [4.78, 5) is 8.47. The number of aromatic nitrogens is 2. The van der Waals surface area contributed by atoms with E-state index in [0.29, 0.717) is 5.82 Å². The third-order valence-electron chi connectivity index (χ3n) is 4.58. The Hall–Kier alpha value is -1.32. The van der Waals surface area contributed by atoms with E-state index in [9.17, 15) is 0 Å². The van der Waals surface area contributed by atoms with E-state index in [-0.39, 0.29) is 0 Å². The molecule has 3 N–H and O–H groups in total. The van der Waals surface area contributed by atoms with Crippen LogP contribution in [0.25, 0.3) is 0 Å². The number of rotatable bonds is 6. The molecule has 0 amide bonds. The quantitative estimate of drug-likeness (QED) is 0.832. The molecule has 0 unspecified atom stereocenters. The van der Waals surface area contributed by atoms with E-state index in [1.807, 2.05) is 0 Å². The first-order valence-electron chi connectivity index (χ1n) is 8.07. The topological polar surface area (TPSA) is 63.8 Å². The first kappa shape index (κ1) is 15.1. The van der Waals surface area contributed by atoms with Crippen molar-refractivity contribution in [2.45, 2.75) is 58.8 Å². The summed E-state index contributed by atoms with van der Waals surface area (Å²) in [6.07, 6.45) is 10.4. The first-order chi connectivity index (χ1) is 9.74. The summed E-state index contributed by atoms with van der Waals surface area (Å²) in [5.74, 6) is 3.30. The largest absolute Gasteiger partial charge is 0.383 e. The average Bonchev–Trinajstić information content (AvgIpc) is 2.48. The molecule has 1 aromatic rings. The zero-order valence-corrected chi connectivity index (χ0v) is 12.9. The van der Waals surface area contributed by atoms with E-state index in [1.54, 1.807) is 6.33 Å². The van der Waals surface area contributed by atoms with Gasteiger partial charge in [0.25, 0.3) is 0 Å². The van der Waals surface area contributed by atoms with Gasteiger partial charge in [-0.25, -0.2) is 9.97 Å². The number of nitrogens with two attached hydrogens (primary N) is 1. The van der Waals surface area contributed by atoms with Crippen LogP contribution in [0.4, 0.5) is 11.6 Å². The fourth-order valence-electron chi connectivity index (χ4n) is 3.16. The van der Waals surface area contributed by atoms with Crippen LogP contribution in [0, 0.1) is 11.8 Å².